The van der Waals surface area contributed by atoms with Crippen molar-refractivity contribution in [2.24, 2.45) is 7.05 Å². The highest BCUT2D eigenvalue weighted by Gasteiger charge is 2.23. The molecule has 0 unspecified atom stereocenters. The van der Waals surface area contributed by atoms with Gasteiger partial charge in [-0.05, 0) is 58.9 Å². The second-order valence-electron chi connectivity index (χ2n) is 6.65. The van der Waals surface area contributed by atoms with Crippen molar-refractivity contribution >= 4 is 32.7 Å². The molecular formula is C23H19N2O+. The molecule has 26 heavy (non-hydrogen) atoms. The Bertz CT molecular complexity index is 1420. The maximum atomic E-state index is 8.07. The Labute approximate surface area is 155 Å². The van der Waals surface area contributed by atoms with Crippen LogP contribution in [0.3, 0.4) is 0 Å². The Balaban J connectivity index is 1.99. The third kappa shape index (κ3) is 2.07. The number of nitrogens with zero attached hydrogens (tertiary/aromatic N) is 2. The lowest BCUT2D eigenvalue weighted by Gasteiger charge is -2.07. The summed E-state index contributed by atoms with van der Waals surface area (Å²) in [7, 11) is 1.90. The first-order valence-corrected chi connectivity index (χ1v) is 8.55. The highest BCUT2D eigenvalue weighted by molar-refractivity contribution is 6.13. The van der Waals surface area contributed by atoms with E-state index in [2.05, 4.69) is 11.1 Å². The molecule has 3 heteroatoms. The Morgan fingerprint density at radius 1 is 1.04 bits per heavy atom. The lowest BCUT2D eigenvalue weighted by molar-refractivity contribution is -0.663. The Morgan fingerprint density at radius 3 is 2.62 bits per heavy atom. The van der Waals surface area contributed by atoms with Crippen LogP contribution in [0.4, 0.5) is 0 Å². The summed E-state index contributed by atoms with van der Waals surface area (Å²) in [6.45, 7) is -0.407. The van der Waals surface area contributed by atoms with Crippen LogP contribution in [0.1, 0.15) is 15.2 Å². The molecule has 3 nitrogen and oxygen atoms in total. The van der Waals surface area contributed by atoms with E-state index in [1.54, 1.807) is 12.3 Å². The molecule has 3 aromatic carbocycles. The van der Waals surface area contributed by atoms with Crippen LogP contribution in [0.15, 0.2) is 65.3 Å². The Hall–Kier alpha value is -3.20. The molecule has 126 valence electrons. The van der Waals surface area contributed by atoms with Crippen molar-refractivity contribution in [2.75, 3.05) is 0 Å². The third-order valence-corrected chi connectivity index (χ3v) is 5.04. The third-order valence-electron chi connectivity index (χ3n) is 5.04. The van der Waals surface area contributed by atoms with Crippen LogP contribution in [0.5, 0.6) is 0 Å². The topological polar surface area (TPSA) is 29.9 Å². The predicted octanol–water partition coefficient (Wildman–Crippen LogP) is 5.24. The summed E-state index contributed by atoms with van der Waals surface area (Å²) in [6.07, 6.45) is 3.60. The monoisotopic (exact) mass is 342 g/mol. The van der Waals surface area contributed by atoms with E-state index in [9.17, 15) is 0 Å². The number of rotatable bonds is 1. The molecule has 0 saturated carbocycles. The van der Waals surface area contributed by atoms with E-state index >= 15 is 0 Å². The average molecular weight is 342 g/mol. The molecule has 0 aliphatic heterocycles. The zero-order valence-electron chi connectivity index (χ0n) is 17.6. The number of fused-ring (bicyclic) bond motifs is 4. The molecule has 0 spiro atoms. The van der Waals surface area contributed by atoms with Gasteiger partial charge < -0.3 is 4.42 Å². The Morgan fingerprint density at radius 2 is 1.85 bits per heavy atom. The molecule has 0 bridgehead atoms. The highest BCUT2D eigenvalue weighted by atomic mass is 16.3. The van der Waals surface area contributed by atoms with Crippen LogP contribution in [0, 0.1) is 13.8 Å². The van der Waals surface area contributed by atoms with E-state index in [0.717, 1.165) is 32.7 Å². The van der Waals surface area contributed by atoms with Crippen molar-refractivity contribution in [2.45, 2.75) is 13.8 Å². The molecule has 0 amide bonds. The SMILES string of the molecule is [2H]C([2H])([2H])c1cc2c(oc3cc4ccccc4cc32)c(-c2nccc[n+]2C)c1C. The maximum Gasteiger partial charge on any atom is 0.334 e. The number of hydrogen-bond donors (Lipinski definition) is 0. The fraction of sp³-hybridized carbons (Fsp3) is 0.130. The van der Waals surface area contributed by atoms with Crippen LogP contribution in [0.2, 0.25) is 0 Å². The van der Waals surface area contributed by atoms with Crippen LogP contribution < -0.4 is 4.57 Å². The minimum Gasteiger partial charge on any atom is -0.455 e. The van der Waals surface area contributed by atoms with Gasteiger partial charge in [0.1, 0.15) is 17.3 Å². The number of furan rings is 1. The largest absolute Gasteiger partial charge is 0.455 e. The smallest absolute Gasteiger partial charge is 0.334 e. The summed E-state index contributed by atoms with van der Waals surface area (Å²) >= 11 is 0. The number of hydrogen-bond acceptors (Lipinski definition) is 2. The zero-order valence-corrected chi connectivity index (χ0v) is 14.6. The minimum absolute atomic E-state index is 0.321. The van der Waals surface area contributed by atoms with Gasteiger partial charge in [-0.1, -0.05) is 24.3 Å². The fourth-order valence-corrected chi connectivity index (χ4v) is 3.64. The molecule has 0 aliphatic rings. The summed E-state index contributed by atoms with van der Waals surface area (Å²) in [5.41, 5.74) is 3.10. The standard InChI is InChI=1S/C23H19N2O/c1-14-11-19-18-12-16-7-4-5-8-17(16)13-20(18)26-22(19)21(15(14)2)23-24-9-6-10-25(23)3/h4-13H,1-3H3/q+1/i1D3. The van der Waals surface area contributed by atoms with Crippen molar-refractivity contribution in [3.05, 3.63) is 72.1 Å². The molecule has 0 aliphatic carbocycles. The maximum absolute atomic E-state index is 8.07. The van der Waals surface area contributed by atoms with Crippen LogP contribution in [-0.4, -0.2) is 4.98 Å². The summed E-state index contributed by atoms with van der Waals surface area (Å²) in [5.74, 6) is 0.671. The van der Waals surface area contributed by atoms with E-state index in [0.29, 0.717) is 22.5 Å². The molecule has 0 N–H and O–H groups in total. The van der Waals surface area contributed by atoms with Crippen molar-refractivity contribution in [3.63, 3.8) is 0 Å². The minimum atomic E-state index is -2.24. The van der Waals surface area contributed by atoms with Crippen molar-refractivity contribution in [1.29, 1.82) is 0 Å². The zero-order chi connectivity index (χ0) is 20.3. The van der Waals surface area contributed by atoms with Crippen LogP contribution >= 0.6 is 0 Å². The van der Waals surface area contributed by atoms with Gasteiger partial charge in [-0.25, -0.2) is 4.57 Å². The number of aryl methyl sites for hydroxylation is 2. The van der Waals surface area contributed by atoms with Crippen molar-refractivity contribution < 1.29 is 13.1 Å². The molecule has 0 fully saturated rings. The molecule has 0 atom stereocenters. The molecule has 5 rings (SSSR count). The van der Waals surface area contributed by atoms with Crippen LogP contribution in [-0.2, 0) is 7.05 Å². The summed E-state index contributed by atoms with van der Waals surface area (Å²) in [6, 6.07) is 15.8. The van der Waals surface area contributed by atoms with Gasteiger partial charge in [-0.3, -0.25) is 0 Å². The lowest BCUT2D eigenvalue weighted by atomic mass is 9.97. The molecule has 2 aromatic heterocycles. The molecule has 5 aromatic rings. The fourth-order valence-electron chi connectivity index (χ4n) is 3.64. The molecule has 0 saturated heterocycles. The van der Waals surface area contributed by atoms with E-state index in [1.807, 2.05) is 61.1 Å². The normalized spacial score (nSPS) is 13.8. The van der Waals surface area contributed by atoms with Gasteiger partial charge in [0, 0.05) is 21.0 Å². The van der Waals surface area contributed by atoms with Crippen molar-refractivity contribution in [1.82, 2.24) is 4.98 Å². The second kappa shape index (κ2) is 5.40. The van der Waals surface area contributed by atoms with Gasteiger partial charge in [-0.15, -0.1) is 0 Å². The van der Waals surface area contributed by atoms with E-state index in [-0.39, 0.29) is 0 Å². The molecule has 0 radical (unpaired) electrons. The number of benzene rings is 3. The predicted molar refractivity (Wildman–Crippen MR) is 105 cm³/mol. The summed E-state index contributed by atoms with van der Waals surface area (Å²) in [5, 5.41) is 3.87. The molecule has 2 heterocycles. The van der Waals surface area contributed by atoms with Gasteiger partial charge in [-0.2, -0.15) is 0 Å². The summed E-state index contributed by atoms with van der Waals surface area (Å²) in [4.78, 5) is 4.53. The van der Waals surface area contributed by atoms with E-state index in [4.69, 9.17) is 8.53 Å². The highest BCUT2D eigenvalue weighted by Crippen LogP contribution is 2.39. The van der Waals surface area contributed by atoms with Gasteiger partial charge in [0.15, 0.2) is 5.58 Å². The first-order valence-electron chi connectivity index (χ1n) is 10.0. The van der Waals surface area contributed by atoms with Gasteiger partial charge in [0.2, 0.25) is 0 Å². The second-order valence-corrected chi connectivity index (χ2v) is 6.65. The molecular weight excluding hydrogens is 320 g/mol. The summed E-state index contributed by atoms with van der Waals surface area (Å²) < 4.78 is 32.4. The average Bonchev–Trinajstić information content (AvgIpc) is 3.02. The Kier molecular flexibility index (Phi) is 2.53. The van der Waals surface area contributed by atoms with Gasteiger partial charge >= 0.3 is 5.82 Å². The quantitative estimate of drug-likeness (QED) is 0.390. The number of aromatic nitrogens is 2. The lowest BCUT2D eigenvalue weighted by Crippen LogP contribution is -2.31. The van der Waals surface area contributed by atoms with Crippen molar-refractivity contribution in [3.8, 4) is 11.4 Å². The first-order chi connectivity index (χ1) is 13.8. The van der Waals surface area contributed by atoms with Crippen LogP contribution in [0.25, 0.3) is 44.1 Å². The van der Waals surface area contributed by atoms with Gasteiger partial charge in [0.25, 0.3) is 0 Å². The van der Waals surface area contributed by atoms with E-state index in [1.165, 1.54) is 0 Å². The first kappa shape index (κ1) is 12.2. The van der Waals surface area contributed by atoms with E-state index < -0.39 is 6.85 Å². The van der Waals surface area contributed by atoms with Gasteiger partial charge in [0.05, 0.1) is 13.2 Å².